The van der Waals surface area contributed by atoms with Crippen LogP contribution in [0, 0.1) is 0 Å². The van der Waals surface area contributed by atoms with E-state index in [-0.39, 0.29) is 17.9 Å². The van der Waals surface area contributed by atoms with Crippen LogP contribution in [0.5, 0.6) is 11.5 Å². The molecular weight excluding hydrogens is 266 g/mol. The van der Waals surface area contributed by atoms with E-state index >= 15 is 0 Å². The molecule has 0 aliphatic carbocycles. The predicted octanol–water partition coefficient (Wildman–Crippen LogP) is 2.71. The van der Waals surface area contributed by atoms with Crippen LogP contribution in [-0.4, -0.2) is 31.0 Å². The standard InChI is InChI=1S/C14H20ClNO3/c1-9(12-4-3-5-19-12)16-8-10-6-11(15)7-13(18-2)14(10)17/h6-7,9,12,16-17H,3-5,8H2,1-2H3. The molecule has 106 valence electrons. The molecule has 1 aromatic carbocycles. The van der Waals surface area contributed by atoms with E-state index in [0.717, 1.165) is 25.0 Å². The van der Waals surface area contributed by atoms with Crippen LogP contribution in [0.4, 0.5) is 0 Å². The molecule has 1 saturated heterocycles. The largest absolute Gasteiger partial charge is 0.504 e. The third-order valence-electron chi connectivity index (χ3n) is 3.48. The zero-order valence-corrected chi connectivity index (χ0v) is 12.0. The zero-order valence-electron chi connectivity index (χ0n) is 11.3. The Labute approximate surface area is 118 Å². The normalized spacial score (nSPS) is 20.5. The van der Waals surface area contributed by atoms with E-state index < -0.39 is 0 Å². The molecular formula is C14H20ClNO3. The molecule has 0 amide bonds. The first kappa shape index (κ1) is 14.4. The average Bonchev–Trinajstić information content (AvgIpc) is 2.93. The summed E-state index contributed by atoms with van der Waals surface area (Å²) >= 11 is 6.00. The predicted molar refractivity (Wildman–Crippen MR) is 74.9 cm³/mol. The molecule has 1 fully saturated rings. The lowest BCUT2D eigenvalue weighted by Gasteiger charge is -2.20. The summed E-state index contributed by atoms with van der Waals surface area (Å²) in [6.45, 7) is 3.46. The Kier molecular flexibility index (Phi) is 4.91. The van der Waals surface area contributed by atoms with Gasteiger partial charge in [-0.25, -0.2) is 0 Å². The van der Waals surface area contributed by atoms with Crippen molar-refractivity contribution in [2.24, 2.45) is 0 Å². The molecule has 4 nitrogen and oxygen atoms in total. The molecule has 2 atom stereocenters. The summed E-state index contributed by atoms with van der Waals surface area (Å²) in [5, 5.41) is 13.9. The molecule has 2 rings (SSSR count). The van der Waals surface area contributed by atoms with Crippen molar-refractivity contribution in [1.29, 1.82) is 0 Å². The number of phenols is 1. The van der Waals surface area contributed by atoms with E-state index in [0.29, 0.717) is 17.3 Å². The van der Waals surface area contributed by atoms with Crippen LogP contribution in [0.1, 0.15) is 25.3 Å². The maximum absolute atomic E-state index is 10.0. The fraction of sp³-hybridized carbons (Fsp3) is 0.571. The van der Waals surface area contributed by atoms with Gasteiger partial charge in [-0.05, 0) is 25.8 Å². The summed E-state index contributed by atoms with van der Waals surface area (Å²) in [7, 11) is 1.51. The molecule has 5 heteroatoms. The summed E-state index contributed by atoms with van der Waals surface area (Å²) in [6, 6.07) is 3.59. The van der Waals surface area contributed by atoms with Gasteiger partial charge in [0.1, 0.15) is 0 Å². The van der Waals surface area contributed by atoms with E-state index in [1.807, 2.05) is 0 Å². The second kappa shape index (κ2) is 6.46. The Balaban J connectivity index is 2.00. The third-order valence-corrected chi connectivity index (χ3v) is 3.69. The van der Waals surface area contributed by atoms with Crippen molar-refractivity contribution in [2.45, 2.75) is 38.5 Å². The van der Waals surface area contributed by atoms with Gasteiger partial charge in [0.25, 0.3) is 0 Å². The number of nitrogens with one attached hydrogen (secondary N) is 1. The van der Waals surface area contributed by atoms with Crippen LogP contribution in [-0.2, 0) is 11.3 Å². The van der Waals surface area contributed by atoms with Gasteiger partial charge in [0.15, 0.2) is 11.5 Å². The molecule has 0 spiro atoms. The minimum absolute atomic E-state index is 0.138. The maximum Gasteiger partial charge on any atom is 0.162 e. The van der Waals surface area contributed by atoms with Crippen molar-refractivity contribution >= 4 is 11.6 Å². The van der Waals surface area contributed by atoms with E-state index in [9.17, 15) is 5.11 Å². The quantitative estimate of drug-likeness (QED) is 0.873. The van der Waals surface area contributed by atoms with Gasteiger partial charge in [-0.2, -0.15) is 0 Å². The van der Waals surface area contributed by atoms with Crippen molar-refractivity contribution in [3.8, 4) is 11.5 Å². The highest BCUT2D eigenvalue weighted by atomic mass is 35.5. The molecule has 1 heterocycles. The molecule has 2 unspecified atom stereocenters. The number of hydrogen-bond acceptors (Lipinski definition) is 4. The first-order chi connectivity index (χ1) is 9.11. The van der Waals surface area contributed by atoms with Crippen LogP contribution in [0.25, 0.3) is 0 Å². The summed E-state index contributed by atoms with van der Waals surface area (Å²) in [5.74, 6) is 0.535. The fourth-order valence-corrected chi connectivity index (χ4v) is 2.55. The number of hydrogen-bond donors (Lipinski definition) is 2. The van der Waals surface area contributed by atoms with Crippen LogP contribution >= 0.6 is 11.6 Å². The average molecular weight is 286 g/mol. The van der Waals surface area contributed by atoms with Gasteiger partial charge in [-0.3, -0.25) is 0 Å². The lowest BCUT2D eigenvalue weighted by atomic mass is 10.1. The summed E-state index contributed by atoms with van der Waals surface area (Å²) in [4.78, 5) is 0. The van der Waals surface area contributed by atoms with E-state index in [4.69, 9.17) is 21.1 Å². The number of phenolic OH excluding ortho intramolecular Hbond substituents is 1. The van der Waals surface area contributed by atoms with E-state index in [1.54, 1.807) is 12.1 Å². The summed E-state index contributed by atoms with van der Waals surface area (Å²) in [5.41, 5.74) is 0.731. The third kappa shape index (κ3) is 3.53. The molecule has 1 aromatic rings. The minimum atomic E-state index is 0.138. The van der Waals surface area contributed by atoms with Gasteiger partial charge in [0.05, 0.1) is 13.2 Å². The molecule has 0 saturated carbocycles. The number of methoxy groups -OCH3 is 1. The summed E-state index contributed by atoms with van der Waals surface area (Å²) in [6.07, 6.45) is 2.45. The number of rotatable bonds is 5. The van der Waals surface area contributed by atoms with Crippen molar-refractivity contribution < 1.29 is 14.6 Å². The van der Waals surface area contributed by atoms with E-state index in [1.165, 1.54) is 7.11 Å². The Morgan fingerprint density at radius 2 is 2.37 bits per heavy atom. The lowest BCUT2D eigenvalue weighted by Crippen LogP contribution is -2.36. The topological polar surface area (TPSA) is 50.7 Å². The van der Waals surface area contributed by atoms with Gasteiger partial charge in [-0.1, -0.05) is 11.6 Å². The van der Waals surface area contributed by atoms with Gasteiger partial charge < -0.3 is 19.9 Å². The van der Waals surface area contributed by atoms with Crippen LogP contribution in [0.15, 0.2) is 12.1 Å². The van der Waals surface area contributed by atoms with Gasteiger partial charge in [0.2, 0.25) is 0 Å². The molecule has 1 aliphatic rings. The summed E-state index contributed by atoms with van der Waals surface area (Å²) < 4.78 is 10.7. The number of ether oxygens (including phenoxy) is 2. The Bertz CT molecular complexity index is 433. The van der Waals surface area contributed by atoms with Crippen LogP contribution in [0.2, 0.25) is 5.02 Å². The SMILES string of the molecule is COc1cc(Cl)cc(CNC(C)C2CCCO2)c1O. The molecule has 0 aromatic heterocycles. The zero-order chi connectivity index (χ0) is 13.8. The Morgan fingerprint density at radius 1 is 1.58 bits per heavy atom. The second-order valence-corrected chi connectivity index (χ2v) is 5.27. The first-order valence-corrected chi connectivity index (χ1v) is 6.90. The highest BCUT2D eigenvalue weighted by Gasteiger charge is 2.22. The Morgan fingerprint density at radius 3 is 3.00 bits per heavy atom. The minimum Gasteiger partial charge on any atom is -0.504 e. The smallest absolute Gasteiger partial charge is 0.162 e. The highest BCUT2D eigenvalue weighted by molar-refractivity contribution is 6.30. The second-order valence-electron chi connectivity index (χ2n) is 4.84. The highest BCUT2D eigenvalue weighted by Crippen LogP contribution is 2.33. The molecule has 0 bridgehead atoms. The van der Waals surface area contributed by atoms with Crippen LogP contribution < -0.4 is 10.1 Å². The molecule has 2 N–H and O–H groups in total. The fourth-order valence-electron chi connectivity index (χ4n) is 2.32. The first-order valence-electron chi connectivity index (χ1n) is 6.52. The Hall–Kier alpha value is -0.970. The van der Waals surface area contributed by atoms with E-state index in [2.05, 4.69) is 12.2 Å². The van der Waals surface area contributed by atoms with Crippen molar-refractivity contribution in [3.05, 3.63) is 22.7 Å². The molecule has 0 radical (unpaired) electrons. The maximum atomic E-state index is 10.0. The molecule has 1 aliphatic heterocycles. The van der Waals surface area contributed by atoms with Crippen molar-refractivity contribution in [1.82, 2.24) is 5.32 Å². The van der Waals surface area contributed by atoms with Crippen molar-refractivity contribution in [2.75, 3.05) is 13.7 Å². The molecule has 19 heavy (non-hydrogen) atoms. The van der Waals surface area contributed by atoms with Gasteiger partial charge in [0, 0.05) is 35.8 Å². The number of aromatic hydroxyl groups is 1. The van der Waals surface area contributed by atoms with Gasteiger partial charge in [-0.15, -0.1) is 0 Å². The van der Waals surface area contributed by atoms with Crippen LogP contribution in [0.3, 0.4) is 0 Å². The van der Waals surface area contributed by atoms with Crippen molar-refractivity contribution in [3.63, 3.8) is 0 Å². The lowest BCUT2D eigenvalue weighted by molar-refractivity contribution is 0.0831. The number of halogens is 1. The monoisotopic (exact) mass is 285 g/mol. The van der Waals surface area contributed by atoms with Gasteiger partial charge >= 0.3 is 0 Å². The number of benzene rings is 1.